The van der Waals surface area contributed by atoms with Gasteiger partial charge in [-0.1, -0.05) is 35.4 Å². The van der Waals surface area contributed by atoms with Gasteiger partial charge in [-0.05, 0) is 16.7 Å². The number of thioether (sulfide) groups is 2. The molecule has 1 aromatic rings. The molecule has 11 heteroatoms. The first-order valence-electron chi connectivity index (χ1n) is 8.34. The van der Waals surface area contributed by atoms with Crippen molar-refractivity contribution >= 4 is 41.3 Å². The molecular weight excluding hydrogens is 402 g/mol. The minimum absolute atomic E-state index is 0.102. The van der Waals surface area contributed by atoms with Crippen molar-refractivity contribution in [2.75, 3.05) is 18.1 Å². The SMILES string of the molecule is [N-]=[N+]=NCC1=C(C(=O)O)N2C(=O)C(NC(=O)CSCc3ccccc3)C2SC1. The Morgan fingerprint density at radius 1 is 1.39 bits per heavy atom. The van der Waals surface area contributed by atoms with Crippen molar-refractivity contribution in [1.82, 2.24) is 10.2 Å². The third-order valence-electron chi connectivity index (χ3n) is 4.24. The molecule has 0 aromatic heterocycles. The number of fused-ring (bicyclic) bond motifs is 1. The Hall–Kier alpha value is -2.62. The Morgan fingerprint density at radius 2 is 2.14 bits per heavy atom. The van der Waals surface area contributed by atoms with E-state index in [9.17, 15) is 19.5 Å². The molecule has 0 radical (unpaired) electrons. The van der Waals surface area contributed by atoms with Crippen molar-refractivity contribution in [3.05, 3.63) is 57.6 Å². The highest BCUT2D eigenvalue weighted by atomic mass is 32.2. The van der Waals surface area contributed by atoms with Crippen molar-refractivity contribution in [3.63, 3.8) is 0 Å². The third-order valence-corrected chi connectivity index (χ3v) is 6.58. The Bertz CT molecular complexity index is 870. The van der Waals surface area contributed by atoms with Crippen LogP contribution in [0.1, 0.15) is 5.56 Å². The van der Waals surface area contributed by atoms with E-state index in [-0.39, 0.29) is 23.9 Å². The average Bonchev–Trinajstić information content (AvgIpc) is 2.70. The number of hydrogen-bond acceptors (Lipinski definition) is 6. The quantitative estimate of drug-likeness (QED) is 0.286. The van der Waals surface area contributed by atoms with Crippen LogP contribution in [0.5, 0.6) is 0 Å². The largest absolute Gasteiger partial charge is 0.477 e. The standard InChI is InChI=1S/C17H17N5O4S2/c18-21-19-6-11-8-28-16-13(15(24)22(16)14(11)17(25)26)20-12(23)9-27-7-10-4-2-1-3-5-10/h1-5,13,16H,6-9H2,(H,20,23)(H,25,26). The van der Waals surface area contributed by atoms with Crippen LogP contribution in [0.3, 0.4) is 0 Å². The van der Waals surface area contributed by atoms with E-state index in [1.165, 1.54) is 28.4 Å². The number of nitrogens with zero attached hydrogens (tertiary/aromatic N) is 4. The van der Waals surface area contributed by atoms with Crippen molar-refractivity contribution in [3.8, 4) is 0 Å². The van der Waals surface area contributed by atoms with E-state index in [0.29, 0.717) is 17.1 Å². The molecule has 2 aliphatic rings. The molecule has 2 N–H and O–H groups in total. The van der Waals surface area contributed by atoms with E-state index in [1.54, 1.807) is 0 Å². The zero-order valence-corrected chi connectivity index (χ0v) is 16.3. The second-order valence-corrected chi connectivity index (χ2v) is 8.17. The fourth-order valence-electron chi connectivity index (χ4n) is 2.97. The summed E-state index contributed by atoms with van der Waals surface area (Å²) in [5.41, 5.74) is 9.79. The summed E-state index contributed by atoms with van der Waals surface area (Å²) in [5, 5.41) is 15.1. The smallest absolute Gasteiger partial charge is 0.352 e. The molecule has 2 heterocycles. The molecule has 1 saturated heterocycles. The predicted molar refractivity (Wildman–Crippen MR) is 106 cm³/mol. The van der Waals surface area contributed by atoms with Gasteiger partial charge in [0, 0.05) is 16.4 Å². The summed E-state index contributed by atoms with van der Waals surface area (Å²) >= 11 is 2.79. The van der Waals surface area contributed by atoms with Crippen molar-refractivity contribution in [1.29, 1.82) is 0 Å². The minimum Gasteiger partial charge on any atom is -0.477 e. The first-order chi connectivity index (χ1) is 13.5. The van der Waals surface area contributed by atoms with Crippen LogP contribution >= 0.6 is 23.5 Å². The fourth-order valence-corrected chi connectivity index (χ4v) is 5.11. The number of aliphatic carboxylic acids is 1. The lowest BCUT2D eigenvalue weighted by atomic mass is 10.0. The van der Waals surface area contributed by atoms with Crippen LogP contribution in [0, 0.1) is 0 Å². The summed E-state index contributed by atoms with van der Waals surface area (Å²) in [6.07, 6.45) is 0. The topological polar surface area (TPSA) is 135 Å². The Balaban J connectivity index is 1.57. The van der Waals surface area contributed by atoms with E-state index in [0.717, 1.165) is 5.56 Å². The number of carbonyl (C=O) groups is 3. The molecule has 0 spiro atoms. The van der Waals surface area contributed by atoms with E-state index >= 15 is 0 Å². The molecule has 28 heavy (non-hydrogen) atoms. The summed E-state index contributed by atoms with van der Waals surface area (Å²) < 4.78 is 0. The number of β-lactam (4-membered cyclic amide) rings is 1. The third kappa shape index (κ3) is 4.27. The number of carbonyl (C=O) groups excluding carboxylic acids is 2. The molecular formula is C17H17N5O4S2. The van der Waals surface area contributed by atoms with Gasteiger partial charge in [-0.15, -0.1) is 23.5 Å². The molecule has 0 saturated carbocycles. The van der Waals surface area contributed by atoms with Gasteiger partial charge in [0.2, 0.25) is 5.91 Å². The zero-order chi connectivity index (χ0) is 20.1. The van der Waals surface area contributed by atoms with Gasteiger partial charge in [0.1, 0.15) is 17.1 Å². The van der Waals surface area contributed by atoms with Crippen LogP contribution < -0.4 is 5.32 Å². The van der Waals surface area contributed by atoms with Gasteiger partial charge in [-0.3, -0.25) is 14.5 Å². The van der Waals surface area contributed by atoms with Crippen LogP contribution in [0.25, 0.3) is 10.4 Å². The first-order valence-corrected chi connectivity index (χ1v) is 10.5. The average molecular weight is 419 g/mol. The number of carboxylic acid groups (broad SMARTS) is 1. The molecule has 1 aromatic carbocycles. The highest BCUT2D eigenvalue weighted by Crippen LogP contribution is 2.40. The van der Waals surface area contributed by atoms with Crippen molar-refractivity contribution in [2.45, 2.75) is 17.2 Å². The number of amides is 2. The normalized spacial score (nSPS) is 20.7. The van der Waals surface area contributed by atoms with Crippen LogP contribution in [0.2, 0.25) is 0 Å². The summed E-state index contributed by atoms with van der Waals surface area (Å²) in [6.45, 7) is -0.102. The van der Waals surface area contributed by atoms with Crippen molar-refractivity contribution < 1.29 is 19.5 Å². The van der Waals surface area contributed by atoms with Crippen LogP contribution in [-0.4, -0.2) is 57.3 Å². The molecule has 146 valence electrons. The lowest BCUT2D eigenvalue weighted by molar-refractivity contribution is -0.150. The maximum absolute atomic E-state index is 12.5. The predicted octanol–water partition coefficient (Wildman–Crippen LogP) is 1.97. The van der Waals surface area contributed by atoms with Gasteiger partial charge in [-0.2, -0.15) is 0 Å². The molecule has 2 aliphatic heterocycles. The summed E-state index contributed by atoms with van der Waals surface area (Å²) in [4.78, 5) is 40.0. The lowest BCUT2D eigenvalue weighted by Crippen LogP contribution is -2.70. The van der Waals surface area contributed by atoms with Gasteiger partial charge in [0.15, 0.2) is 0 Å². The molecule has 9 nitrogen and oxygen atoms in total. The number of benzene rings is 1. The van der Waals surface area contributed by atoms with Gasteiger partial charge < -0.3 is 10.4 Å². The van der Waals surface area contributed by atoms with Gasteiger partial charge in [0.25, 0.3) is 5.91 Å². The maximum Gasteiger partial charge on any atom is 0.352 e. The van der Waals surface area contributed by atoms with Crippen LogP contribution in [0.15, 0.2) is 46.7 Å². The van der Waals surface area contributed by atoms with Crippen molar-refractivity contribution in [2.24, 2.45) is 5.11 Å². The maximum atomic E-state index is 12.5. The summed E-state index contributed by atoms with van der Waals surface area (Å²) in [6, 6.07) is 9.00. The van der Waals surface area contributed by atoms with Gasteiger partial charge in [-0.25, -0.2) is 4.79 Å². The molecule has 2 unspecified atom stereocenters. The van der Waals surface area contributed by atoms with Gasteiger partial charge in [0.05, 0.1) is 12.3 Å². The lowest BCUT2D eigenvalue weighted by Gasteiger charge is -2.49. The fraction of sp³-hybridized carbons (Fsp3) is 0.353. The Labute approximate surface area is 169 Å². The number of carboxylic acids is 1. The second kappa shape index (κ2) is 9.05. The van der Waals surface area contributed by atoms with Crippen LogP contribution in [0.4, 0.5) is 0 Å². The number of azide groups is 1. The molecule has 3 rings (SSSR count). The van der Waals surface area contributed by atoms with E-state index in [1.807, 2.05) is 30.3 Å². The zero-order valence-electron chi connectivity index (χ0n) is 14.6. The Kier molecular flexibility index (Phi) is 6.50. The monoisotopic (exact) mass is 419 g/mol. The molecule has 1 fully saturated rings. The summed E-state index contributed by atoms with van der Waals surface area (Å²) in [7, 11) is 0. The minimum atomic E-state index is -1.25. The van der Waals surface area contributed by atoms with Crippen LogP contribution in [-0.2, 0) is 20.1 Å². The number of rotatable bonds is 8. The van der Waals surface area contributed by atoms with Gasteiger partial charge >= 0.3 is 5.97 Å². The highest BCUT2D eigenvalue weighted by Gasteiger charge is 2.53. The Morgan fingerprint density at radius 3 is 2.82 bits per heavy atom. The highest BCUT2D eigenvalue weighted by molar-refractivity contribution is 8.00. The summed E-state index contributed by atoms with van der Waals surface area (Å²) in [5.74, 6) is -0.754. The molecule has 2 atom stereocenters. The molecule has 0 bridgehead atoms. The molecule has 0 aliphatic carbocycles. The second-order valence-electron chi connectivity index (χ2n) is 6.08. The number of nitrogens with one attached hydrogen (secondary N) is 1. The van der Waals surface area contributed by atoms with E-state index in [4.69, 9.17) is 5.53 Å². The van der Waals surface area contributed by atoms with E-state index in [2.05, 4.69) is 15.3 Å². The number of hydrogen-bond donors (Lipinski definition) is 2. The molecule has 2 amide bonds. The van der Waals surface area contributed by atoms with E-state index < -0.39 is 23.3 Å². The first kappa shape index (κ1) is 20.1.